The zero-order chi connectivity index (χ0) is 11.7. The highest BCUT2D eigenvalue weighted by atomic mass is 16.4. The van der Waals surface area contributed by atoms with Crippen LogP contribution in [-0.4, -0.2) is 43.2 Å². The molecule has 6 heteroatoms. The first-order chi connectivity index (χ1) is 7.11. The van der Waals surface area contributed by atoms with Gasteiger partial charge in [0, 0.05) is 13.1 Å². The number of aliphatic carboxylic acids is 1. The Kier molecular flexibility index (Phi) is 7.35. The van der Waals surface area contributed by atoms with Gasteiger partial charge in [0.25, 0.3) is 0 Å². The van der Waals surface area contributed by atoms with Crippen molar-refractivity contribution in [2.24, 2.45) is 10.7 Å². The maximum absolute atomic E-state index is 10.6. The van der Waals surface area contributed by atoms with Crippen molar-refractivity contribution in [2.75, 3.05) is 20.1 Å². The van der Waals surface area contributed by atoms with E-state index in [-0.39, 0.29) is 0 Å². The smallest absolute Gasteiger partial charge is 0.320 e. The molecule has 0 aromatic heterocycles. The average molecular weight is 216 g/mol. The zero-order valence-corrected chi connectivity index (χ0v) is 9.29. The molecule has 0 aliphatic carbocycles. The van der Waals surface area contributed by atoms with Gasteiger partial charge in [-0.25, -0.2) is 0 Å². The number of carbonyl (C=O) groups is 1. The summed E-state index contributed by atoms with van der Waals surface area (Å²) in [4.78, 5) is 14.7. The van der Waals surface area contributed by atoms with Crippen molar-refractivity contribution >= 4 is 11.9 Å². The van der Waals surface area contributed by atoms with Crippen LogP contribution in [0.15, 0.2) is 4.99 Å². The molecule has 0 bridgehead atoms. The Balaban J connectivity index is 3.69. The van der Waals surface area contributed by atoms with Crippen LogP contribution in [0.3, 0.4) is 0 Å². The van der Waals surface area contributed by atoms with Gasteiger partial charge in [-0.15, -0.1) is 0 Å². The van der Waals surface area contributed by atoms with Crippen LogP contribution in [0.1, 0.15) is 19.8 Å². The standard InChI is InChI=1S/C9H20N4O2/c1-3-12-9(10)13-6-4-5-7(11-2)8(14)15/h7,11H,3-6H2,1-2H3,(H,14,15)(H3,10,12,13)/t7-/m0/s1. The van der Waals surface area contributed by atoms with E-state index < -0.39 is 12.0 Å². The van der Waals surface area contributed by atoms with Gasteiger partial charge in [-0.1, -0.05) is 0 Å². The molecular weight excluding hydrogens is 196 g/mol. The maximum Gasteiger partial charge on any atom is 0.320 e. The Morgan fingerprint density at radius 3 is 2.73 bits per heavy atom. The quantitative estimate of drug-likeness (QED) is 0.258. The Morgan fingerprint density at radius 2 is 2.27 bits per heavy atom. The van der Waals surface area contributed by atoms with Crippen molar-refractivity contribution in [2.45, 2.75) is 25.8 Å². The minimum Gasteiger partial charge on any atom is -0.480 e. The van der Waals surface area contributed by atoms with E-state index in [9.17, 15) is 4.79 Å². The van der Waals surface area contributed by atoms with Crippen molar-refractivity contribution in [1.82, 2.24) is 10.6 Å². The van der Waals surface area contributed by atoms with E-state index in [1.165, 1.54) is 0 Å². The third kappa shape index (κ3) is 6.73. The number of rotatable bonds is 7. The Hall–Kier alpha value is -1.30. The number of guanidine groups is 1. The fourth-order valence-corrected chi connectivity index (χ4v) is 1.12. The van der Waals surface area contributed by atoms with Gasteiger partial charge in [-0.3, -0.25) is 9.79 Å². The minimum atomic E-state index is -0.832. The van der Waals surface area contributed by atoms with E-state index in [2.05, 4.69) is 15.6 Å². The molecule has 0 aromatic carbocycles. The molecular formula is C9H20N4O2. The van der Waals surface area contributed by atoms with Crippen LogP contribution in [0.2, 0.25) is 0 Å². The molecule has 1 atom stereocenters. The molecule has 0 unspecified atom stereocenters. The van der Waals surface area contributed by atoms with Gasteiger partial charge in [-0.2, -0.15) is 0 Å². The molecule has 0 aliphatic heterocycles. The molecule has 0 radical (unpaired) electrons. The molecule has 0 aromatic rings. The van der Waals surface area contributed by atoms with Crippen molar-refractivity contribution < 1.29 is 9.90 Å². The van der Waals surface area contributed by atoms with E-state index in [4.69, 9.17) is 10.8 Å². The van der Waals surface area contributed by atoms with Gasteiger partial charge >= 0.3 is 5.97 Å². The van der Waals surface area contributed by atoms with Crippen LogP contribution in [0.5, 0.6) is 0 Å². The van der Waals surface area contributed by atoms with E-state index in [1.807, 2.05) is 6.92 Å². The van der Waals surface area contributed by atoms with E-state index in [0.717, 1.165) is 6.54 Å². The lowest BCUT2D eigenvalue weighted by molar-refractivity contribution is -0.139. The van der Waals surface area contributed by atoms with Gasteiger partial charge in [0.05, 0.1) is 0 Å². The van der Waals surface area contributed by atoms with Crippen LogP contribution >= 0.6 is 0 Å². The average Bonchev–Trinajstić information content (AvgIpc) is 2.17. The zero-order valence-electron chi connectivity index (χ0n) is 9.29. The van der Waals surface area contributed by atoms with E-state index in [0.29, 0.717) is 25.3 Å². The number of carboxylic acid groups (broad SMARTS) is 1. The molecule has 0 saturated carbocycles. The third-order valence-corrected chi connectivity index (χ3v) is 1.94. The predicted octanol–water partition coefficient (Wildman–Crippen LogP) is -0.637. The van der Waals surface area contributed by atoms with Gasteiger partial charge in [-0.05, 0) is 26.8 Å². The summed E-state index contributed by atoms with van der Waals surface area (Å²) in [5.41, 5.74) is 5.50. The van der Waals surface area contributed by atoms with Crippen molar-refractivity contribution in [3.05, 3.63) is 0 Å². The number of nitrogens with one attached hydrogen (secondary N) is 2. The van der Waals surface area contributed by atoms with Crippen molar-refractivity contribution in [1.29, 1.82) is 0 Å². The van der Waals surface area contributed by atoms with Crippen LogP contribution in [0.25, 0.3) is 0 Å². The second kappa shape index (κ2) is 8.05. The largest absolute Gasteiger partial charge is 0.480 e. The highest BCUT2D eigenvalue weighted by molar-refractivity contribution is 5.77. The molecule has 0 rings (SSSR count). The first kappa shape index (κ1) is 13.7. The van der Waals surface area contributed by atoms with E-state index in [1.54, 1.807) is 7.05 Å². The van der Waals surface area contributed by atoms with Crippen LogP contribution in [-0.2, 0) is 4.79 Å². The Bertz CT molecular complexity index is 218. The summed E-state index contributed by atoms with van der Waals surface area (Å²) in [5.74, 6) is -0.421. The molecule has 0 amide bonds. The number of nitrogens with two attached hydrogens (primary N) is 1. The molecule has 15 heavy (non-hydrogen) atoms. The molecule has 88 valence electrons. The molecule has 0 spiro atoms. The fraction of sp³-hybridized carbons (Fsp3) is 0.778. The van der Waals surface area contributed by atoms with Crippen LogP contribution in [0.4, 0.5) is 0 Å². The molecule has 0 heterocycles. The lowest BCUT2D eigenvalue weighted by Gasteiger charge is -2.09. The lowest BCUT2D eigenvalue weighted by atomic mass is 10.1. The number of likely N-dealkylation sites (N-methyl/N-ethyl adjacent to an activating group) is 1. The van der Waals surface area contributed by atoms with Gasteiger partial charge in [0.15, 0.2) is 5.96 Å². The number of hydrogen-bond acceptors (Lipinski definition) is 3. The maximum atomic E-state index is 10.6. The monoisotopic (exact) mass is 216 g/mol. The van der Waals surface area contributed by atoms with E-state index >= 15 is 0 Å². The van der Waals surface area contributed by atoms with Crippen LogP contribution < -0.4 is 16.4 Å². The first-order valence-corrected chi connectivity index (χ1v) is 5.05. The van der Waals surface area contributed by atoms with Gasteiger partial charge < -0.3 is 21.5 Å². The van der Waals surface area contributed by atoms with Gasteiger partial charge in [0.2, 0.25) is 0 Å². The summed E-state index contributed by atoms with van der Waals surface area (Å²) in [6, 6.07) is -0.499. The predicted molar refractivity (Wildman–Crippen MR) is 59.9 cm³/mol. The molecule has 0 saturated heterocycles. The SMILES string of the molecule is CCNC(N)=NCCC[C@H](NC)C(=O)O. The minimum absolute atomic E-state index is 0.411. The summed E-state index contributed by atoms with van der Waals surface area (Å²) in [5, 5.41) is 14.3. The normalized spacial score (nSPS) is 13.6. The van der Waals surface area contributed by atoms with Crippen LogP contribution in [0, 0.1) is 0 Å². The molecule has 5 N–H and O–H groups in total. The second-order valence-electron chi connectivity index (χ2n) is 3.12. The van der Waals surface area contributed by atoms with Gasteiger partial charge in [0.1, 0.15) is 6.04 Å². The summed E-state index contributed by atoms with van der Waals surface area (Å²) < 4.78 is 0. The van der Waals surface area contributed by atoms with Crippen molar-refractivity contribution in [3.8, 4) is 0 Å². The number of hydrogen-bond donors (Lipinski definition) is 4. The Morgan fingerprint density at radius 1 is 1.60 bits per heavy atom. The lowest BCUT2D eigenvalue weighted by Crippen LogP contribution is -2.34. The molecule has 0 fully saturated rings. The summed E-state index contributed by atoms with van der Waals surface area (Å²) >= 11 is 0. The second-order valence-corrected chi connectivity index (χ2v) is 3.12. The number of carboxylic acids is 1. The molecule has 6 nitrogen and oxygen atoms in total. The summed E-state index contributed by atoms with van der Waals surface area (Å²) in [6.45, 7) is 3.22. The van der Waals surface area contributed by atoms with Crippen molar-refractivity contribution in [3.63, 3.8) is 0 Å². The summed E-state index contributed by atoms with van der Waals surface area (Å²) in [7, 11) is 1.63. The Labute approximate surface area is 89.9 Å². The molecule has 0 aliphatic rings. The third-order valence-electron chi connectivity index (χ3n) is 1.94. The highest BCUT2D eigenvalue weighted by Gasteiger charge is 2.13. The highest BCUT2D eigenvalue weighted by Crippen LogP contribution is 1.97. The number of nitrogens with zero attached hydrogens (tertiary/aromatic N) is 1. The number of aliphatic imine (C=N–C) groups is 1. The topological polar surface area (TPSA) is 99.7 Å². The fourth-order valence-electron chi connectivity index (χ4n) is 1.12. The first-order valence-electron chi connectivity index (χ1n) is 5.05. The summed E-state index contributed by atoms with van der Waals surface area (Å²) in [6.07, 6.45) is 1.25.